The Morgan fingerprint density at radius 3 is 2.72 bits per heavy atom. The molecule has 0 radical (unpaired) electrons. The molecule has 1 atom stereocenters. The number of rotatable bonds is 4. The van der Waals surface area contributed by atoms with Crippen LogP contribution in [0, 0.1) is 12.7 Å². The lowest BCUT2D eigenvalue weighted by Gasteiger charge is -2.15. The van der Waals surface area contributed by atoms with Crippen LogP contribution in [0.3, 0.4) is 0 Å². The molecule has 0 aromatic heterocycles. The SMILES string of the molecule is CCOC(=O)C[C@@H](N)c1c(Cl)ccc(C)c1F.Cl. The van der Waals surface area contributed by atoms with Crippen molar-refractivity contribution in [3.05, 3.63) is 34.1 Å². The highest BCUT2D eigenvalue weighted by molar-refractivity contribution is 6.31. The number of ether oxygens (including phenoxy) is 1. The van der Waals surface area contributed by atoms with Crippen molar-refractivity contribution in [1.82, 2.24) is 0 Å². The molecule has 1 aromatic carbocycles. The second-order valence-corrected chi connectivity index (χ2v) is 4.11. The van der Waals surface area contributed by atoms with E-state index in [0.717, 1.165) is 0 Å². The number of esters is 1. The van der Waals surface area contributed by atoms with Crippen molar-refractivity contribution in [2.45, 2.75) is 26.3 Å². The average molecular weight is 296 g/mol. The molecule has 0 saturated heterocycles. The van der Waals surface area contributed by atoms with Crippen LogP contribution >= 0.6 is 24.0 Å². The summed E-state index contributed by atoms with van der Waals surface area (Å²) in [7, 11) is 0. The van der Waals surface area contributed by atoms with Crippen molar-refractivity contribution in [2.75, 3.05) is 6.61 Å². The van der Waals surface area contributed by atoms with Gasteiger partial charge in [-0.15, -0.1) is 12.4 Å². The highest BCUT2D eigenvalue weighted by atomic mass is 35.5. The molecule has 1 aromatic rings. The number of hydrogen-bond donors (Lipinski definition) is 1. The molecular weight excluding hydrogens is 280 g/mol. The van der Waals surface area contributed by atoms with E-state index in [2.05, 4.69) is 0 Å². The monoisotopic (exact) mass is 295 g/mol. The summed E-state index contributed by atoms with van der Waals surface area (Å²) < 4.78 is 18.6. The van der Waals surface area contributed by atoms with Gasteiger partial charge in [0, 0.05) is 16.6 Å². The van der Waals surface area contributed by atoms with E-state index < -0.39 is 17.8 Å². The van der Waals surface area contributed by atoms with Crippen LogP contribution in [-0.2, 0) is 9.53 Å². The molecule has 0 amide bonds. The summed E-state index contributed by atoms with van der Waals surface area (Å²) in [4.78, 5) is 11.3. The Kier molecular flexibility index (Phi) is 7.21. The molecular formula is C12H16Cl2FNO2. The average Bonchev–Trinajstić information content (AvgIpc) is 2.24. The van der Waals surface area contributed by atoms with Crippen LogP contribution in [-0.4, -0.2) is 12.6 Å². The Balaban J connectivity index is 0.00000289. The Labute approximate surface area is 117 Å². The van der Waals surface area contributed by atoms with E-state index in [-0.39, 0.29) is 36.0 Å². The minimum absolute atomic E-state index is 0. The first kappa shape index (κ1) is 17.2. The van der Waals surface area contributed by atoms with E-state index in [1.165, 1.54) is 0 Å². The van der Waals surface area contributed by atoms with Gasteiger partial charge in [-0.05, 0) is 25.5 Å². The van der Waals surface area contributed by atoms with Gasteiger partial charge in [0.05, 0.1) is 13.0 Å². The summed E-state index contributed by atoms with van der Waals surface area (Å²) in [6, 6.07) is 2.35. The smallest absolute Gasteiger partial charge is 0.307 e. The first-order valence-corrected chi connectivity index (χ1v) is 5.70. The van der Waals surface area contributed by atoms with E-state index >= 15 is 0 Å². The molecule has 0 spiro atoms. The minimum Gasteiger partial charge on any atom is -0.466 e. The maximum absolute atomic E-state index is 13.8. The van der Waals surface area contributed by atoms with Gasteiger partial charge in [-0.25, -0.2) is 4.39 Å². The van der Waals surface area contributed by atoms with Crippen LogP contribution < -0.4 is 5.73 Å². The number of nitrogens with two attached hydrogens (primary N) is 1. The molecule has 0 fully saturated rings. The molecule has 0 unspecified atom stereocenters. The fourth-order valence-electron chi connectivity index (χ4n) is 1.52. The molecule has 0 heterocycles. The summed E-state index contributed by atoms with van der Waals surface area (Å²) in [6.07, 6.45) is -0.0894. The van der Waals surface area contributed by atoms with Crippen LogP contribution in [0.5, 0.6) is 0 Å². The molecule has 18 heavy (non-hydrogen) atoms. The number of carbonyl (C=O) groups excluding carboxylic acids is 1. The van der Waals surface area contributed by atoms with E-state index in [1.54, 1.807) is 26.0 Å². The van der Waals surface area contributed by atoms with E-state index in [4.69, 9.17) is 22.1 Å². The highest BCUT2D eigenvalue weighted by Gasteiger charge is 2.20. The van der Waals surface area contributed by atoms with E-state index in [9.17, 15) is 9.18 Å². The van der Waals surface area contributed by atoms with Gasteiger partial charge >= 0.3 is 5.97 Å². The number of benzene rings is 1. The second-order valence-electron chi connectivity index (χ2n) is 3.71. The van der Waals surface area contributed by atoms with Crippen molar-refractivity contribution in [3.63, 3.8) is 0 Å². The van der Waals surface area contributed by atoms with Gasteiger partial charge in [0.15, 0.2) is 0 Å². The summed E-state index contributed by atoms with van der Waals surface area (Å²) in [6.45, 7) is 3.59. The molecule has 0 aliphatic rings. The number of halogens is 3. The Morgan fingerprint density at radius 1 is 1.56 bits per heavy atom. The van der Waals surface area contributed by atoms with Crippen molar-refractivity contribution < 1.29 is 13.9 Å². The zero-order valence-electron chi connectivity index (χ0n) is 10.2. The van der Waals surface area contributed by atoms with Gasteiger partial charge in [-0.3, -0.25) is 4.79 Å². The lowest BCUT2D eigenvalue weighted by molar-refractivity contribution is -0.143. The van der Waals surface area contributed by atoms with Crippen LogP contribution in [0.15, 0.2) is 12.1 Å². The second kappa shape index (κ2) is 7.56. The largest absolute Gasteiger partial charge is 0.466 e. The first-order valence-electron chi connectivity index (χ1n) is 5.33. The summed E-state index contributed by atoms with van der Waals surface area (Å²) in [5, 5.41) is 0.227. The summed E-state index contributed by atoms with van der Waals surface area (Å²) in [5.74, 6) is -0.925. The van der Waals surface area contributed by atoms with E-state index in [1.807, 2.05) is 0 Å². The summed E-state index contributed by atoms with van der Waals surface area (Å²) in [5.41, 5.74) is 6.39. The minimum atomic E-state index is -0.790. The standard InChI is InChI=1S/C12H15ClFNO2.ClH/c1-3-17-10(16)6-9(15)11-8(13)5-4-7(2)12(11)14;/h4-5,9H,3,6,15H2,1-2H3;1H/t9-;/m1./s1. The third-order valence-corrected chi connectivity index (χ3v) is 2.71. The van der Waals surface area contributed by atoms with Crippen LogP contribution in [0.1, 0.15) is 30.5 Å². The molecule has 6 heteroatoms. The molecule has 2 N–H and O–H groups in total. The third-order valence-electron chi connectivity index (χ3n) is 2.38. The third kappa shape index (κ3) is 4.12. The molecule has 0 aliphatic heterocycles. The zero-order chi connectivity index (χ0) is 13.0. The maximum Gasteiger partial charge on any atom is 0.307 e. The van der Waals surface area contributed by atoms with Gasteiger partial charge in [-0.1, -0.05) is 17.7 Å². The number of aryl methyl sites for hydroxylation is 1. The van der Waals surface area contributed by atoms with Gasteiger partial charge in [0.1, 0.15) is 5.82 Å². The Morgan fingerprint density at radius 2 is 2.17 bits per heavy atom. The maximum atomic E-state index is 13.8. The molecule has 3 nitrogen and oxygen atoms in total. The fraction of sp³-hybridized carbons (Fsp3) is 0.417. The lowest BCUT2D eigenvalue weighted by Crippen LogP contribution is -2.19. The lowest BCUT2D eigenvalue weighted by atomic mass is 10.0. The summed E-state index contributed by atoms with van der Waals surface area (Å²) >= 11 is 5.88. The fourth-order valence-corrected chi connectivity index (χ4v) is 1.81. The molecule has 0 aliphatic carbocycles. The quantitative estimate of drug-likeness (QED) is 0.868. The predicted octanol–water partition coefficient (Wildman–Crippen LogP) is 3.16. The normalized spacial score (nSPS) is 11.6. The van der Waals surface area contributed by atoms with Gasteiger partial charge in [0.2, 0.25) is 0 Å². The van der Waals surface area contributed by atoms with Crippen molar-refractivity contribution in [3.8, 4) is 0 Å². The Bertz CT molecular complexity index is 427. The topological polar surface area (TPSA) is 52.3 Å². The van der Waals surface area contributed by atoms with Crippen LogP contribution in [0.25, 0.3) is 0 Å². The Hall–Kier alpha value is -0.840. The van der Waals surface area contributed by atoms with Gasteiger partial charge in [0.25, 0.3) is 0 Å². The van der Waals surface area contributed by atoms with Gasteiger partial charge in [-0.2, -0.15) is 0 Å². The predicted molar refractivity (Wildman–Crippen MR) is 71.6 cm³/mol. The molecule has 1 rings (SSSR count). The van der Waals surface area contributed by atoms with Crippen molar-refractivity contribution in [2.24, 2.45) is 5.73 Å². The van der Waals surface area contributed by atoms with Gasteiger partial charge < -0.3 is 10.5 Å². The van der Waals surface area contributed by atoms with Crippen molar-refractivity contribution in [1.29, 1.82) is 0 Å². The van der Waals surface area contributed by atoms with Crippen LogP contribution in [0.4, 0.5) is 4.39 Å². The zero-order valence-corrected chi connectivity index (χ0v) is 11.8. The van der Waals surface area contributed by atoms with Crippen molar-refractivity contribution >= 4 is 30.0 Å². The number of hydrogen-bond acceptors (Lipinski definition) is 3. The molecule has 102 valence electrons. The molecule has 0 bridgehead atoms. The van der Waals surface area contributed by atoms with Crippen LogP contribution in [0.2, 0.25) is 5.02 Å². The first-order chi connectivity index (χ1) is 7.97. The molecule has 0 saturated carbocycles. The number of carbonyl (C=O) groups is 1. The highest BCUT2D eigenvalue weighted by Crippen LogP contribution is 2.28. The van der Waals surface area contributed by atoms with E-state index in [0.29, 0.717) is 5.56 Å².